The Hall–Kier alpha value is -1.84. The van der Waals surface area contributed by atoms with E-state index in [0.29, 0.717) is 12.1 Å². The summed E-state index contributed by atoms with van der Waals surface area (Å²) in [6, 6.07) is 8.92. The molecule has 0 fully saturated rings. The minimum atomic E-state index is -0.215. The average Bonchev–Trinajstić information content (AvgIpc) is 2.59. The number of nitrogens with one attached hydrogen (secondary N) is 2. The van der Waals surface area contributed by atoms with Gasteiger partial charge in [0.25, 0.3) is 5.91 Å². The van der Waals surface area contributed by atoms with E-state index >= 15 is 0 Å². The van der Waals surface area contributed by atoms with Crippen molar-refractivity contribution >= 4 is 11.8 Å². The Kier molecular flexibility index (Phi) is 10.6. The van der Waals surface area contributed by atoms with E-state index < -0.39 is 0 Å². The number of unbranched alkanes of at least 4 members (excludes halogenated alkanes) is 7. The highest BCUT2D eigenvalue weighted by Gasteiger charge is 2.06. The molecule has 2 N–H and O–H groups in total. The summed E-state index contributed by atoms with van der Waals surface area (Å²) in [6.07, 6.45) is 9.98. The first-order chi connectivity index (χ1) is 11.2. The summed E-state index contributed by atoms with van der Waals surface area (Å²) < 4.78 is 0. The number of hydrogen-bond acceptors (Lipinski definition) is 2. The van der Waals surface area contributed by atoms with Crippen molar-refractivity contribution in [1.29, 1.82) is 0 Å². The fourth-order valence-electron chi connectivity index (χ4n) is 2.40. The summed E-state index contributed by atoms with van der Waals surface area (Å²) >= 11 is 0. The smallest absolute Gasteiger partial charge is 0.251 e. The molecule has 0 heterocycles. The number of hydrogen-bond donors (Lipinski definition) is 2. The predicted molar refractivity (Wildman–Crippen MR) is 94.4 cm³/mol. The molecule has 0 atom stereocenters. The number of amides is 2. The van der Waals surface area contributed by atoms with Crippen LogP contribution < -0.4 is 10.6 Å². The Morgan fingerprint density at radius 2 is 1.43 bits per heavy atom. The maximum atomic E-state index is 11.8. The molecule has 0 unspecified atom stereocenters. The second kappa shape index (κ2) is 12.7. The lowest BCUT2D eigenvalue weighted by Crippen LogP contribution is -2.37. The summed E-state index contributed by atoms with van der Waals surface area (Å²) in [5.74, 6) is -0.343. The van der Waals surface area contributed by atoms with E-state index in [1.165, 1.54) is 38.5 Å². The third-order valence-electron chi connectivity index (χ3n) is 3.80. The van der Waals surface area contributed by atoms with Gasteiger partial charge in [0.2, 0.25) is 5.91 Å². The zero-order valence-electron chi connectivity index (χ0n) is 14.3. The van der Waals surface area contributed by atoms with Crippen LogP contribution >= 0.6 is 0 Å². The van der Waals surface area contributed by atoms with Crippen LogP contribution in [0.1, 0.15) is 68.6 Å². The van der Waals surface area contributed by atoms with Gasteiger partial charge in [-0.1, -0.05) is 70.1 Å². The van der Waals surface area contributed by atoms with Gasteiger partial charge in [-0.15, -0.1) is 0 Å². The van der Waals surface area contributed by atoms with E-state index in [-0.39, 0.29) is 18.4 Å². The highest BCUT2D eigenvalue weighted by molar-refractivity contribution is 5.96. The van der Waals surface area contributed by atoms with Crippen LogP contribution in [0.2, 0.25) is 0 Å². The van der Waals surface area contributed by atoms with Gasteiger partial charge >= 0.3 is 0 Å². The van der Waals surface area contributed by atoms with Crippen LogP contribution in [0.5, 0.6) is 0 Å². The molecule has 0 saturated heterocycles. The van der Waals surface area contributed by atoms with Crippen molar-refractivity contribution in [3.63, 3.8) is 0 Å². The van der Waals surface area contributed by atoms with Crippen LogP contribution in [0.15, 0.2) is 30.3 Å². The summed E-state index contributed by atoms with van der Waals surface area (Å²) in [5.41, 5.74) is 0.573. The van der Waals surface area contributed by atoms with Crippen LogP contribution in [-0.2, 0) is 4.79 Å². The van der Waals surface area contributed by atoms with E-state index in [0.717, 1.165) is 12.8 Å². The third kappa shape index (κ3) is 9.72. The van der Waals surface area contributed by atoms with Crippen molar-refractivity contribution in [2.24, 2.45) is 0 Å². The molecule has 0 radical (unpaired) electrons. The molecule has 0 aliphatic carbocycles. The van der Waals surface area contributed by atoms with Gasteiger partial charge in [-0.2, -0.15) is 0 Å². The maximum Gasteiger partial charge on any atom is 0.251 e. The quantitative estimate of drug-likeness (QED) is 0.578. The standard InChI is InChI=1S/C19H30N2O2/c1-2-3-4-5-6-7-8-12-15-20-18(22)16-21-19(23)17-13-10-9-11-14-17/h9-11,13-14H,2-8,12,15-16H2,1H3,(H,20,22)(H,21,23). The minimum absolute atomic E-state index is 0.0325. The van der Waals surface area contributed by atoms with Crippen LogP contribution in [-0.4, -0.2) is 24.9 Å². The third-order valence-corrected chi connectivity index (χ3v) is 3.80. The highest BCUT2D eigenvalue weighted by Crippen LogP contribution is 2.07. The van der Waals surface area contributed by atoms with Crippen LogP contribution in [0.25, 0.3) is 0 Å². The summed E-state index contributed by atoms with van der Waals surface area (Å²) in [5, 5.41) is 5.48. The molecule has 0 spiro atoms. The van der Waals surface area contributed by atoms with Crippen molar-refractivity contribution < 1.29 is 9.59 Å². The lowest BCUT2D eigenvalue weighted by molar-refractivity contribution is -0.120. The first-order valence-electron chi connectivity index (χ1n) is 8.84. The van der Waals surface area contributed by atoms with Gasteiger partial charge in [0.05, 0.1) is 6.54 Å². The van der Waals surface area contributed by atoms with E-state index in [4.69, 9.17) is 0 Å². The second-order valence-corrected chi connectivity index (χ2v) is 5.87. The molecule has 1 rings (SSSR count). The first kappa shape index (κ1) is 19.2. The average molecular weight is 318 g/mol. The van der Waals surface area contributed by atoms with E-state index in [1.807, 2.05) is 6.07 Å². The highest BCUT2D eigenvalue weighted by atomic mass is 16.2. The van der Waals surface area contributed by atoms with E-state index in [1.54, 1.807) is 24.3 Å². The van der Waals surface area contributed by atoms with Gasteiger partial charge in [-0.05, 0) is 18.6 Å². The lowest BCUT2D eigenvalue weighted by Gasteiger charge is -2.07. The number of carbonyl (C=O) groups excluding carboxylic acids is 2. The van der Waals surface area contributed by atoms with E-state index in [2.05, 4.69) is 17.6 Å². The molecule has 2 amide bonds. The molecule has 0 aliphatic heterocycles. The molecule has 1 aromatic carbocycles. The normalized spacial score (nSPS) is 10.3. The van der Waals surface area contributed by atoms with Crippen molar-refractivity contribution in [2.75, 3.05) is 13.1 Å². The van der Waals surface area contributed by atoms with Crippen molar-refractivity contribution in [3.05, 3.63) is 35.9 Å². The Balaban J connectivity index is 1.97. The van der Waals surface area contributed by atoms with Gasteiger partial charge in [0, 0.05) is 12.1 Å². The fraction of sp³-hybridized carbons (Fsp3) is 0.579. The number of carbonyl (C=O) groups is 2. The maximum absolute atomic E-state index is 11.8. The topological polar surface area (TPSA) is 58.2 Å². The van der Waals surface area contributed by atoms with Gasteiger partial charge in [-0.25, -0.2) is 0 Å². The van der Waals surface area contributed by atoms with E-state index in [9.17, 15) is 9.59 Å². The largest absolute Gasteiger partial charge is 0.355 e. The molecule has 0 aromatic heterocycles. The van der Waals surface area contributed by atoms with Crippen LogP contribution in [0, 0.1) is 0 Å². The van der Waals surface area contributed by atoms with Gasteiger partial charge in [0.15, 0.2) is 0 Å². The lowest BCUT2D eigenvalue weighted by atomic mass is 10.1. The fourth-order valence-corrected chi connectivity index (χ4v) is 2.40. The number of rotatable bonds is 12. The van der Waals surface area contributed by atoms with Crippen molar-refractivity contribution in [1.82, 2.24) is 10.6 Å². The van der Waals surface area contributed by atoms with Crippen LogP contribution in [0.3, 0.4) is 0 Å². The molecular weight excluding hydrogens is 288 g/mol. The summed E-state index contributed by atoms with van der Waals surface area (Å²) in [4.78, 5) is 23.4. The minimum Gasteiger partial charge on any atom is -0.355 e. The summed E-state index contributed by atoms with van der Waals surface area (Å²) in [7, 11) is 0. The molecule has 0 aliphatic rings. The Bertz CT molecular complexity index is 446. The first-order valence-corrected chi connectivity index (χ1v) is 8.84. The Labute approximate surface area is 140 Å². The van der Waals surface area contributed by atoms with Gasteiger partial charge in [0.1, 0.15) is 0 Å². The Morgan fingerprint density at radius 1 is 0.826 bits per heavy atom. The molecule has 4 heteroatoms. The number of benzene rings is 1. The molecular formula is C19H30N2O2. The Morgan fingerprint density at radius 3 is 2.09 bits per heavy atom. The zero-order chi connectivity index (χ0) is 16.8. The summed E-state index contributed by atoms with van der Waals surface area (Å²) in [6.45, 7) is 2.95. The molecule has 0 bridgehead atoms. The second-order valence-electron chi connectivity index (χ2n) is 5.87. The molecule has 1 aromatic rings. The predicted octanol–water partition coefficient (Wildman–Crippen LogP) is 3.67. The van der Waals surface area contributed by atoms with Crippen molar-refractivity contribution in [3.8, 4) is 0 Å². The monoisotopic (exact) mass is 318 g/mol. The molecule has 0 saturated carbocycles. The molecule has 23 heavy (non-hydrogen) atoms. The molecule has 4 nitrogen and oxygen atoms in total. The zero-order valence-corrected chi connectivity index (χ0v) is 14.3. The van der Waals surface area contributed by atoms with Gasteiger partial charge < -0.3 is 10.6 Å². The van der Waals surface area contributed by atoms with Crippen LogP contribution in [0.4, 0.5) is 0 Å². The van der Waals surface area contributed by atoms with Gasteiger partial charge in [-0.3, -0.25) is 9.59 Å². The SMILES string of the molecule is CCCCCCCCCCNC(=O)CNC(=O)c1ccccc1. The molecule has 128 valence electrons. The van der Waals surface area contributed by atoms with Crippen molar-refractivity contribution in [2.45, 2.75) is 58.3 Å².